The molecule has 1 atom stereocenters. The van der Waals surface area contributed by atoms with Gasteiger partial charge >= 0.3 is 0 Å². The third-order valence-corrected chi connectivity index (χ3v) is 3.82. The molecule has 0 saturated heterocycles. The summed E-state index contributed by atoms with van der Waals surface area (Å²) in [5.41, 5.74) is 2.30. The van der Waals surface area contributed by atoms with Crippen molar-refractivity contribution >= 4 is 11.8 Å². The quantitative estimate of drug-likeness (QED) is 0.589. The molecule has 3 nitrogen and oxygen atoms in total. The topological polar surface area (TPSA) is 37.4 Å². The SMILES string of the molecule is CCC1=CCCC1N1C(=O)c2ccccc2C1=O. The zero-order valence-electron chi connectivity index (χ0n) is 10.3. The molecule has 92 valence electrons. The first-order valence-corrected chi connectivity index (χ1v) is 6.40. The van der Waals surface area contributed by atoms with E-state index in [9.17, 15) is 9.59 Å². The van der Waals surface area contributed by atoms with Crippen LogP contribution in [0.4, 0.5) is 0 Å². The molecule has 0 N–H and O–H groups in total. The molecule has 1 aliphatic carbocycles. The van der Waals surface area contributed by atoms with Crippen molar-refractivity contribution in [3.8, 4) is 0 Å². The number of fused-ring (bicyclic) bond motifs is 1. The Morgan fingerprint density at radius 3 is 2.33 bits per heavy atom. The van der Waals surface area contributed by atoms with Crippen molar-refractivity contribution in [3.63, 3.8) is 0 Å². The minimum absolute atomic E-state index is 0.0256. The lowest BCUT2D eigenvalue weighted by Crippen LogP contribution is -2.39. The molecule has 0 saturated carbocycles. The predicted molar refractivity (Wildman–Crippen MR) is 68.3 cm³/mol. The Morgan fingerprint density at radius 2 is 1.78 bits per heavy atom. The Balaban J connectivity index is 2.00. The Kier molecular flexibility index (Phi) is 2.54. The van der Waals surface area contributed by atoms with Gasteiger partial charge in [0.15, 0.2) is 0 Å². The predicted octanol–water partition coefficient (Wildman–Crippen LogP) is 2.78. The third-order valence-electron chi connectivity index (χ3n) is 3.82. The summed E-state index contributed by atoms with van der Waals surface area (Å²) in [6.45, 7) is 2.07. The fourth-order valence-electron chi connectivity index (χ4n) is 2.91. The minimum atomic E-state index is -0.137. The van der Waals surface area contributed by atoms with E-state index in [1.54, 1.807) is 24.3 Å². The zero-order valence-corrected chi connectivity index (χ0v) is 10.3. The largest absolute Gasteiger partial charge is 0.269 e. The molecule has 1 aromatic rings. The van der Waals surface area contributed by atoms with Crippen LogP contribution < -0.4 is 0 Å². The number of benzene rings is 1. The van der Waals surface area contributed by atoms with Gasteiger partial charge in [0.2, 0.25) is 0 Å². The second kappa shape index (κ2) is 4.09. The summed E-state index contributed by atoms with van der Waals surface area (Å²) in [7, 11) is 0. The fourth-order valence-corrected chi connectivity index (χ4v) is 2.91. The van der Waals surface area contributed by atoms with E-state index in [0.29, 0.717) is 11.1 Å². The van der Waals surface area contributed by atoms with E-state index in [1.165, 1.54) is 10.5 Å². The van der Waals surface area contributed by atoms with Crippen molar-refractivity contribution in [1.82, 2.24) is 4.90 Å². The van der Waals surface area contributed by atoms with Gasteiger partial charge in [0, 0.05) is 0 Å². The molecule has 3 heteroatoms. The van der Waals surface area contributed by atoms with Crippen LogP contribution in [0.5, 0.6) is 0 Å². The lowest BCUT2D eigenvalue weighted by Gasteiger charge is -2.24. The Labute approximate surface area is 106 Å². The number of rotatable bonds is 2. The average molecular weight is 241 g/mol. The van der Waals surface area contributed by atoms with E-state index >= 15 is 0 Å². The molecule has 1 aliphatic heterocycles. The molecule has 0 radical (unpaired) electrons. The number of nitrogens with zero attached hydrogens (tertiary/aromatic N) is 1. The first-order valence-electron chi connectivity index (χ1n) is 6.40. The number of amides is 2. The highest BCUT2D eigenvalue weighted by Gasteiger charge is 2.41. The van der Waals surface area contributed by atoms with Crippen molar-refractivity contribution in [2.45, 2.75) is 32.2 Å². The normalized spacial score (nSPS) is 22.4. The highest BCUT2D eigenvalue weighted by Crippen LogP contribution is 2.33. The lowest BCUT2D eigenvalue weighted by atomic mass is 10.1. The second-order valence-corrected chi connectivity index (χ2v) is 4.75. The number of imide groups is 1. The van der Waals surface area contributed by atoms with Gasteiger partial charge in [-0.05, 0) is 31.4 Å². The van der Waals surface area contributed by atoms with Crippen molar-refractivity contribution in [3.05, 3.63) is 47.0 Å². The molecule has 0 bridgehead atoms. The van der Waals surface area contributed by atoms with Gasteiger partial charge in [0.1, 0.15) is 0 Å². The summed E-state index contributed by atoms with van der Waals surface area (Å²) in [5, 5.41) is 0. The fraction of sp³-hybridized carbons (Fsp3) is 0.333. The van der Waals surface area contributed by atoms with Gasteiger partial charge in [-0.1, -0.05) is 30.7 Å². The maximum Gasteiger partial charge on any atom is 0.262 e. The smallest absolute Gasteiger partial charge is 0.262 e. The molecule has 0 fully saturated rings. The van der Waals surface area contributed by atoms with Gasteiger partial charge in [-0.3, -0.25) is 14.5 Å². The van der Waals surface area contributed by atoms with Crippen molar-refractivity contribution in [2.75, 3.05) is 0 Å². The Bertz CT molecular complexity index is 524. The molecular weight excluding hydrogens is 226 g/mol. The monoisotopic (exact) mass is 241 g/mol. The van der Waals surface area contributed by atoms with Crippen LogP contribution in [0.25, 0.3) is 0 Å². The Morgan fingerprint density at radius 1 is 1.17 bits per heavy atom. The van der Waals surface area contributed by atoms with Gasteiger partial charge in [0.25, 0.3) is 11.8 Å². The molecule has 3 rings (SSSR count). The van der Waals surface area contributed by atoms with Crippen molar-refractivity contribution in [2.24, 2.45) is 0 Å². The van der Waals surface area contributed by atoms with Gasteiger partial charge in [-0.25, -0.2) is 0 Å². The van der Waals surface area contributed by atoms with Crippen LogP contribution in [-0.4, -0.2) is 22.8 Å². The number of allylic oxidation sites excluding steroid dienone is 1. The van der Waals surface area contributed by atoms with Crippen molar-refractivity contribution in [1.29, 1.82) is 0 Å². The minimum Gasteiger partial charge on any atom is -0.269 e. The molecule has 18 heavy (non-hydrogen) atoms. The molecular formula is C15H15NO2. The van der Waals surface area contributed by atoms with Crippen LogP contribution in [0, 0.1) is 0 Å². The number of hydrogen-bond acceptors (Lipinski definition) is 2. The maximum atomic E-state index is 12.3. The van der Waals surface area contributed by atoms with Crippen LogP contribution >= 0.6 is 0 Å². The van der Waals surface area contributed by atoms with E-state index in [0.717, 1.165) is 19.3 Å². The summed E-state index contributed by atoms with van der Waals surface area (Å²) in [6.07, 6.45) is 4.89. The van der Waals surface area contributed by atoms with E-state index in [-0.39, 0.29) is 17.9 Å². The first kappa shape index (κ1) is 11.2. The molecule has 1 unspecified atom stereocenters. The van der Waals surface area contributed by atoms with E-state index < -0.39 is 0 Å². The maximum absolute atomic E-state index is 12.3. The van der Waals surface area contributed by atoms with Crippen LogP contribution in [-0.2, 0) is 0 Å². The number of carbonyl (C=O) groups is 2. The molecule has 2 aliphatic rings. The number of hydrogen-bond donors (Lipinski definition) is 0. The first-order chi connectivity index (χ1) is 8.74. The standard InChI is InChI=1S/C15H15NO2/c1-2-10-6-5-9-13(10)16-14(17)11-7-3-4-8-12(11)15(16)18/h3-4,6-8,13H,2,5,9H2,1H3. The lowest BCUT2D eigenvalue weighted by molar-refractivity contribution is 0.0606. The van der Waals surface area contributed by atoms with E-state index in [2.05, 4.69) is 13.0 Å². The van der Waals surface area contributed by atoms with E-state index in [1.807, 2.05) is 0 Å². The van der Waals surface area contributed by atoms with Gasteiger partial charge in [-0.15, -0.1) is 0 Å². The summed E-state index contributed by atoms with van der Waals surface area (Å²) < 4.78 is 0. The summed E-state index contributed by atoms with van der Waals surface area (Å²) in [6, 6.07) is 7.05. The molecule has 0 aromatic heterocycles. The summed E-state index contributed by atoms with van der Waals surface area (Å²) in [5.74, 6) is -0.274. The van der Waals surface area contributed by atoms with Crippen LogP contribution in [0.15, 0.2) is 35.9 Å². The average Bonchev–Trinajstić information content (AvgIpc) is 2.95. The molecule has 0 spiro atoms. The van der Waals surface area contributed by atoms with Gasteiger partial charge in [-0.2, -0.15) is 0 Å². The van der Waals surface area contributed by atoms with Gasteiger partial charge in [0.05, 0.1) is 17.2 Å². The van der Waals surface area contributed by atoms with Gasteiger partial charge < -0.3 is 0 Å². The Hall–Kier alpha value is -1.90. The number of carbonyl (C=O) groups excluding carboxylic acids is 2. The summed E-state index contributed by atoms with van der Waals surface area (Å²) in [4.78, 5) is 26.1. The molecule has 2 amide bonds. The third kappa shape index (κ3) is 1.43. The van der Waals surface area contributed by atoms with E-state index in [4.69, 9.17) is 0 Å². The van der Waals surface area contributed by atoms with Crippen molar-refractivity contribution < 1.29 is 9.59 Å². The summed E-state index contributed by atoms with van der Waals surface area (Å²) >= 11 is 0. The molecule has 1 aromatic carbocycles. The van der Waals surface area contributed by atoms with Crippen LogP contribution in [0.3, 0.4) is 0 Å². The van der Waals surface area contributed by atoms with Crippen LogP contribution in [0.1, 0.15) is 46.9 Å². The highest BCUT2D eigenvalue weighted by molar-refractivity contribution is 6.21. The van der Waals surface area contributed by atoms with Crippen LogP contribution in [0.2, 0.25) is 0 Å². The second-order valence-electron chi connectivity index (χ2n) is 4.75. The molecule has 1 heterocycles. The zero-order chi connectivity index (χ0) is 12.7. The highest BCUT2D eigenvalue weighted by atomic mass is 16.2.